The fourth-order valence-electron chi connectivity index (χ4n) is 1.13. The van der Waals surface area contributed by atoms with E-state index in [4.69, 9.17) is 0 Å². The number of fused-ring (bicyclic) bond motifs is 1. The fourth-order valence-corrected chi connectivity index (χ4v) is 1.13. The second-order valence-corrected chi connectivity index (χ2v) is 2.48. The van der Waals surface area contributed by atoms with Crippen molar-refractivity contribution < 1.29 is 0 Å². The molecule has 0 atom stereocenters. The van der Waals surface area contributed by atoms with Gasteiger partial charge in [0, 0.05) is 11.9 Å². The van der Waals surface area contributed by atoms with Crippen molar-refractivity contribution in [2.24, 2.45) is 0 Å². The summed E-state index contributed by atoms with van der Waals surface area (Å²) in [5.41, 5.74) is 3.59. The SMILES string of the molecule is Cc1cc2c(cn1)C=C[B]2. The van der Waals surface area contributed by atoms with Crippen LogP contribution in [-0.4, -0.2) is 12.3 Å². The van der Waals surface area contributed by atoms with Crippen LogP contribution in [-0.2, 0) is 0 Å². The number of hydrogen-bond donors (Lipinski definition) is 0. The maximum Gasteiger partial charge on any atom is 0.182 e. The van der Waals surface area contributed by atoms with E-state index in [2.05, 4.69) is 24.4 Å². The highest BCUT2D eigenvalue weighted by Gasteiger charge is 2.04. The second kappa shape index (κ2) is 1.98. The summed E-state index contributed by atoms with van der Waals surface area (Å²) in [7, 11) is 2.10. The largest absolute Gasteiger partial charge is 0.261 e. The van der Waals surface area contributed by atoms with E-state index in [1.807, 2.05) is 19.1 Å². The summed E-state index contributed by atoms with van der Waals surface area (Å²) in [4.78, 5) is 4.18. The van der Waals surface area contributed by atoms with Crippen LogP contribution in [0.1, 0.15) is 11.3 Å². The Morgan fingerprint density at radius 2 is 2.40 bits per heavy atom. The van der Waals surface area contributed by atoms with E-state index < -0.39 is 0 Å². The highest BCUT2D eigenvalue weighted by molar-refractivity contribution is 6.62. The van der Waals surface area contributed by atoms with Gasteiger partial charge in [-0.3, -0.25) is 4.98 Å². The molecule has 0 aliphatic carbocycles. The summed E-state index contributed by atoms with van der Waals surface area (Å²) in [6.45, 7) is 2.01. The monoisotopic (exact) mass is 128 g/mol. The molecule has 0 bridgehead atoms. The Kier molecular flexibility index (Phi) is 1.13. The molecule has 0 unspecified atom stereocenters. The van der Waals surface area contributed by atoms with Crippen LogP contribution < -0.4 is 5.46 Å². The van der Waals surface area contributed by atoms with E-state index in [-0.39, 0.29) is 0 Å². The molecule has 0 saturated carbocycles. The topological polar surface area (TPSA) is 12.9 Å². The molecule has 47 valence electrons. The lowest BCUT2D eigenvalue weighted by Crippen LogP contribution is -2.11. The summed E-state index contributed by atoms with van der Waals surface area (Å²) >= 11 is 0. The van der Waals surface area contributed by atoms with E-state index in [1.165, 1.54) is 11.0 Å². The van der Waals surface area contributed by atoms with Crippen LogP contribution in [0.2, 0.25) is 0 Å². The van der Waals surface area contributed by atoms with E-state index in [0.717, 1.165) is 5.69 Å². The van der Waals surface area contributed by atoms with Crippen molar-refractivity contribution in [2.75, 3.05) is 0 Å². The van der Waals surface area contributed by atoms with Crippen molar-refractivity contribution in [3.63, 3.8) is 0 Å². The minimum Gasteiger partial charge on any atom is -0.261 e. The highest BCUT2D eigenvalue weighted by atomic mass is 14.7. The zero-order valence-corrected chi connectivity index (χ0v) is 5.83. The normalized spacial score (nSPS) is 12.9. The van der Waals surface area contributed by atoms with Crippen LogP contribution in [0, 0.1) is 6.92 Å². The Balaban J connectivity index is 2.59. The van der Waals surface area contributed by atoms with Crippen molar-refractivity contribution in [3.8, 4) is 0 Å². The molecule has 1 nitrogen and oxygen atoms in total. The quantitative estimate of drug-likeness (QED) is 0.468. The Bertz CT molecular complexity index is 291. The molecule has 0 fully saturated rings. The standard InChI is InChI=1S/C8H7BN/c1-6-4-8-7(5-10-6)2-3-9-8/h2-5H,1H3. The van der Waals surface area contributed by atoms with E-state index >= 15 is 0 Å². The lowest BCUT2D eigenvalue weighted by Gasteiger charge is -1.97. The third-order valence-electron chi connectivity index (χ3n) is 1.66. The van der Waals surface area contributed by atoms with Gasteiger partial charge in [0.2, 0.25) is 0 Å². The van der Waals surface area contributed by atoms with Gasteiger partial charge in [-0.15, -0.1) is 5.98 Å². The van der Waals surface area contributed by atoms with Gasteiger partial charge >= 0.3 is 0 Å². The second-order valence-electron chi connectivity index (χ2n) is 2.48. The zero-order valence-electron chi connectivity index (χ0n) is 5.83. The van der Waals surface area contributed by atoms with Crippen molar-refractivity contribution in [3.05, 3.63) is 29.5 Å². The lowest BCUT2D eigenvalue weighted by atomic mass is 9.74. The first kappa shape index (κ1) is 5.72. The van der Waals surface area contributed by atoms with Crippen LogP contribution in [0.25, 0.3) is 6.08 Å². The minimum atomic E-state index is 1.08. The molecule has 1 radical (unpaired) electrons. The average molecular weight is 128 g/mol. The average Bonchev–Trinajstić information content (AvgIpc) is 2.33. The molecule has 1 aliphatic rings. The summed E-state index contributed by atoms with van der Waals surface area (Å²) in [5, 5.41) is 0. The molecule has 2 heterocycles. The third kappa shape index (κ3) is 0.765. The van der Waals surface area contributed by atoms with Crippen LogP contribution in [0.15, 0.2) is 18.2 Å². The van der Waals surface area contributed by atoms with Gasteiger partial charge in [-0.25, -0.2) is 0 Å². The summed E-state index contributed by atoms with van der Waals surface area (Å²) in [6.07, 6.45) is 3.98. The molecule has 0 saturated heterocycles. The molecule has 2 heteroatoms. The lowest BCUT2D eigenvalue weighted by molar-refractivity contribution is 1.21. The Labute approximate surface area is 61.0 Å². The predicted molar refractivity (Wildman–Crippen MR) is 43.4 cm³/mol. The van der Waals surface area contributed by atoms with Gasteiger partial charge in [-0.1, -0.05) is 11.5 Å². The highest BCUT2D eigenvalue weighted by Crippen LogP contribution is 2.03. The Morgan fingerprint density at radius 3 is 3.30 bits per heavy atom. The molecule has 10 heavy (non-hydrogen) atoms. The maximum atomic E-state index is 4.18. The van der Waals surface area contributed by atoms with Gasteiger partial charge < -0.3 is 0 Å². The maximum absolute atomic E-state index is 4.18. The van der Waals surface area contributed by atoms with Gasteiger partial charge in [0.15, 0.2) is 7.28 Å². The molecule has 0 aromatic carbocycles. The molecule has 0 amide bonds. The van der Waals surface area contributed by atoms with Crippen LogP contribution in [0.4, 0.5) is 0 Å². The molecular formula is C8H7BN. The summed E-state index contributed by atoms with van der Waals surface area (Å²) in [6, 6.07) is 2.09. The van der Waals surface area contributed by atoms with Crippen molar-refractivity contribution >= 4 is 18.8 Å². The first-order chi connectivity index (χ1) is 4.86. The molecule has 1 aromatic rings. The van der Waals surface area contributed by atoms with E-state index in [0.29, 0.717) is 0 Å². The first-order valence-electron chi connectivity index (χ1n) is 3.34. The van der Waals surface area contributed by atoms with Crippen molar-refractivity contribution in [2.45, 2.75) is 6.92 Å². The molecular weight excluding hydrogens is 121 g/mol. The molecule has 1 aromatic heterocycles. The fraction of sp³-hybridized carbons (Fsp3) is 0.125. The van der Waals surface area contributed by atoms with Crippen molar-refractivity contribution in [1.82, 2.24) is 4.98 Å². The van der Waals surface area contributed by atoms with Crippen molar-refractivity contribution in [1.29, 1.82) is 0 Å². The number of pyridine rings is 1. The number of aromatic nitrogens is 1. The van der Waals surface area contributed by atoms with Crippen LogP contribution in [0.5, 0.6) is 0 Å². The predicted octanol–water partition coefficient (Wildman–Crippen LogP) is 0.704. The number of aryl methyl sites for hydroxylation is 1. The molecule has 1 aliphatic heterocycles. The smallest absolute Gasteiger partial charge is 0.182 e. The van der Waals surface area contributed by atoms with E-state index in [9.17, 15) is 0 Å². The molecule has 2 rings (SSSR count). The van der Waals surface area contributed by atoms with Gasteiger partial charge in [-0.2, -0.15) is 0 Å². The zero-order chi connectivity index (χ0) is 6.97. The van der Waals surface area contributed by atoms with Gasteiger partial charge in [0.05, 0.1) is 0 Å². The van der Waals surface area contributed by atoms with E-state index in [1.54, 1.807) is 0 Å². The first-order valence-corrected chi connectivity index (χ1v) is 3.34. The molecule has 0 N–H and O–H groups in total. The summed E-state index contributed by atoms with van der Waals surface area (Å²) in [5.74, 6) is 2.05. The number of rotatable bonds is 0. The summed E-state index contributed by atoms with van der Waals surface area (Å²) < 4.78 is 0. The van der Waals surface area contributed by atoms with Gasteiger partial charge in [0.1, 0.15) is 0 Å². The van der Waals surface area contributed by atoms with Crippen LogP contribution >= 0.6 is 0 Å². The number of nitrogens with zero attached hydrogens (tertiary/aromatic N) is 1. The van der Waals surface area contributed by atoms with Gasteiger partial charge in [-0.05, 0) is 18.6 Å². The van der Waals surface area contributed by atoms with Crippen LogP contribution in [0.3, 0.4) is 0 Å². The molecule has 0 spiro atoms. The van der Waals surface area contributed by atoms with Gasteiger partial charge in [0.25, 0.3) is 0 Å². The third-order valence-corrected chi connectivity index (χ3v) is 1.66. The minimum absolute atomic E-state index is 1.08. The Hall–Kier alpha value is -1.05. The Morgan fingerprint density at radius 1 is 1.50 bits per heavy atom. The number of hydrogen-bond acceptors (Lipinski definition) is 1.